The second kappa shape index (κ2) is 4.53. The largest absolute Gasteiger partial charge is 0.483 e. The monoisotopic (exact) mass is 266 g/mol. The molecule has 0 amide bonds. The predicted octanol–water partition coefficient (Wildman–Crippen LogP) is 3.46. The van der Waals surface area contributed by atoms with Crippen molar-refractivity contribution in [3.63, 3.8) is 0 Å². The highest BCUT2D eigenvalue weighted by atomic mass is 16.5. The highest BCUT2D eigenvalue weighted by Gasteiger charge is 2.32. The van der Waals surface area contributed by atoms with Crippen LogP contribution in [0.2, 0.25) is 0 Å². The van der Waals surface area contributed by atoms with Gasteiger partial charge in [-0.15, -0.1) is 0 Å². The van der Waals surface area contributed by atoms with E-state index in [-0.39, 0.29) is 5.60 Å². The van der Waals surface area contributed by atoms with Crippen LogP contribution in [0.3, 0.4) is 0 Å². The summed E-state index contributed by atoms with van der Waals surface area (Å²) in [5, 5.41) is 9.07. The van der Waals surface area contributed by atoms with Gasteiger partial charge >= 0.3 is 0 Å². The van der Waals surface area contributed by atoms with E-state index < -0.39 is 0 Å². The number of ether oxygens (including phenoxy) is 2. The first kappa shape index (κ1) is 12.5. The van der Waals surface area contributed by atoms with Crippen molar-refractivity contribution in [2.75, 3.05) is 0 Å². The lowest BCUT2D eigenvalue weighted by Crippen LogP contribution is -2.24. The van der Waals surface area contributed by atoms with Gasteiger partial charge in [-0.1, -0.05) is 12.1 Å². The van der Waals surface area contributed by atoms with Crippen LogP contribution in [0.4, 0.5) is 0 Å². The van der Waals surface area contributed by atoms with Crippen molar-refractivity contribution in [1.29, 1.82) is 5.26 Å². The molecule has 0 radical (unpaired) electrons. The minimum Gasteiger partial charge on any atom is -0.483 e. The summed E-state index contributed by atoms with van der Waals surface area (Å²) in [6, 6.07) is 11.2. The fourth-order valence-electron chi connectivity index (χ4n) is 2.33. The summed E-state index contributed by atoms with van der Waals surface area (Å²) in [7, 11) is 0. The molecule has 0 atom stereocenters. The Morgan fingerprint density at radius 2 is 2.15 bits per heavy atom. The quantitative estimate of drug-likeness (QED) is 0.835. The first-order chi connectivity index (χ1) is 9.59. The van der Waals surface area contributed by atoms with Gasteiger partial charge in [-0.25, -0.2) is 4.98 Å². The van der Waals surface area contributed by atoms with Crippen LogP contribution in [-0.4, -0.2) is 10.6 Å². The first-order valence-corrected chi connectivity index (χ1v) is 6.43. The molecular formula is C16H14N2O2. The lowest BCUT2D eigenvalue weighted by atomic mass is 10.0. The molecule has 0 aliphatic carbocycles. The number of para-hydroxylation sites is 1. The number of benzene rings is 1. The van der Waals surface area contributed by atoms with Crippen LogP contribution in [0.25, 0.3) is 0 Å². The highest BCUT2D eigenvalue weighted by Crippen LogP contribution is 2.43. The van der Waals surface area contributed by atoms with Crippen molar-refractivity contribution in [3.8, 4) is 23.4 Å². The van der Waals surface area contributed by atoms with Crippen LogP contribution in [0, 0.1) is 11.3 Å². The molecule has 0 saturated carbocycles. The molecule has 0 saturated heterocycles. The number of nitriles is 1. The third-order valence-corrected chi connectivity index (χ3v) is 3.15. The Bertz CT molecular complexity index is 702. The molecule has 1 aromatic carbocycles. The Morgan fingerprint density at radius 3 is 2.95 bits per heavy atom. The van der Waals surface area contributed by atoms with E-state index in [1.165, 1.54) is 0 Å². The van der Waals surface area contributed by atoms with E-state index in [0.29, 0.717) is 17.2 Å². The van der Waals surface area contributed by atoms with E-state index >= 15 is 0 Å². The summed E-state index contributed by atoms with van der Waals surface area (Å²) in [6.45, 7) is 4.08. The summed E-state index contributed by atoms with van der Waals surface area (Å²) in [6.07, 6.45) is 2.44. The third-order valence-electron chi connectivity index (χ3n) is 3.15. The van der Waals surface area contributed by atoms with Gasteiger partial charge in [0, 0.05) is 18.2 Å². The summed E-state index contributed by atoms with van der Waals surface area (Å²) in [4.78, 5) is 4.11. The highest BCUT2D eigenvalue weighted by molar-refractivity contribution is 5.52. The molecule has 0 spiro atoms. The van der Waals surface area contributed by atoms with Gasteiger partial charge in [0.05, 0.1) is 0 Å². The Morgan fingerprint density at radius 1 is 1.30 bits per heavy atom. The molecular weight excluding hydrogens is 252 g/mol. The van der Waals surface area contributed by atoms with E-state index in [9.17, 15) is 0 Å². The van der Waals surface area contributed by atoms with E-state index in [0.717, 1.165) is 17.7 Å². The van der Waals surface area contributed by atoms with Crippen molar-refractivity contribution in [1.82, 2.24) is 4.98 Å². The van der Waals surface area contributed by atoms with Gasteiger partial charge in [0.2, 0.25) is 5.88 Å². The average molecular weight is 266 g/mol. The minimum absolute atomic E-state index is 0.232. The van der Waals surface area contributed by atoms with Gasteiger partial charge < -0.3 is 9.47 Å². The van der Waals surface area contributed by atoms with E-state index in [2.05, 4.69) is 11.1 Å². The number of rotatable bonds is 2. The summed E-state index contributed by atoms with van der Waals surface area (Å²) in [5.41, 5.74) is 1.29. The zero-order valence-electron chi connectivity index (χ0n) is 11.4. The van der Waals surface area contributed by atoms with Crippen molar-refractivity contribution in [2.24, 2.45) is 0 Å². The number of hydrogen-bond donors (Lipinski definition) is 0. The Hall–Kier alpha value is -2.54. The molecule has 0 fully saturated rings. The lowest BCUT2D eigenvalue weighted by Gasteiger charge is -2.18. The van der Waals surface area contributed by atoms with Crippen LogP contribution in [0.1, 0.15) is 25.0 Å². The Kier molecular flexibility index (Phi) is 2.83. The fourth-order valence-corrected chi connectivity index (χ4v) is 2.33. The van der Waals surface area contributed by atoms with Gasteiger partial charge in [0.1, 0.15) is 17.2 Å². The molecule has 3 rings (SSSR count). The van der Waals surface area contributed by atoms with Gasteiger partial charge in [-0.2, -0.15) is 5.26 Å². The molecule has 2 heterocycles. The number of hydrogen-bond acceptors (Lipinski definition) is 4. The molecule has 0 N–H and O–H groups in total. The maximum Gasteiger partial charge on any atom is 0.237 e. The SMILES string of the molecule is CC1(C)Cc2cccc(Oc3ncccc3C#N)c2O1. The van der Waals surface area contributed by atoms with Crippen molar-refractivity contribution in [3.05, 3.63) is 47.7 Å². The van der Waals surface area contributed by atoms with Gasteiger partial charge in [0.15, 0.2) is 11.5 Å². The molecule has 1 aromatic heterocycles. The molecule has 1 aliphatic rings. The molecule has 0 unspecified atom stereocenters. The van der Waals surface area contributed by atoms with Gasteiger partial charge in [-0.3, -0.25) is 0 Å². The van der Waals surface area contributed by atoms with Gasteiger partial charge in [0.25, 0.3) is 0 Å². The third kappa shape index (κ3) is 2.19. The van der Waals surface area contributed by atoms with Crippen molar-refractivity contribution >= 4 is 0 Å². The van der Waals surface area contributed by atoms with Gasteiger partial charge in [-0.05, 0) is 32.0 Å². The molecule has 2 aromatic rings. The predicted molar refractivity (Wildman–Crippen MR) is 73.9 cm³/mol. The molecule has 0 bridgehead atoms. The van der Waals surface area contributed by atoms with Crippen LogP contribution in [-0.2, 0) is 6.42 Å². The summed E-state index contributed by atoms with van der Waals surface area (Å²) >= 11 is 0. The van der Waals surface area contributed by atoms with Crippen LogP contribution in [0.15, 0.2) is 36.5 Å². The fraction of sp³-hybridized carbons (Fsp3) is 0.250. The Balaban J connectivity index is 1.98. The minimum atomic E-state index is -0.232. The molecule has 1 aliphatic heterocycles. The molecule has 4 heteroatoms. The second-order valence-corrected chi connectivity index (χ2v) is 5.35. The molecule has 100 valence electrons. The number of fused-ring (bicyclic) bond motifs is 1. The van der Waals surface area contributed by atoms with Crippen LogP contribution in [0.5, 0.6) is 17.4 Å². The Labute approximate surface area is 117 Å². The molecule has 20 heavy (non-hydrogen) atoms. The lowest BCUT2D eigenvalue weighted by molar-refractivity contribution is 0.135. The summed E-state index contributed by atoms with van der Waals surface area (Å²) in [5.74, 6) is 1.65. The van der Waals surface area contributed by atoms with Crippen molar-refractivity contribution in [2.45, 2.75) is 25.9 Å². The standard InChI is InChI=1S/C16H14N2O2/c1-16(2)9-11-5-3-7-13(14(11)20-16)19-15-12(10-17)6-4-8-18-15/h3-8H,9H2,1-2H3. The van der Waals surface area contributed by atoms with Crippen LogP contribution < -0.4 is 9.47 Å². The van der Waals surface area contributed by atoms with Crippen LogP contribution >= 0.6 is 0 Å². The second-order valence-electron chi connectivity index (χ2n) is 5.35. The zero-order valence-corrected chi connectivity index (χ0v) is 11.4. The smallest absolute Gasteiger partial charge is 0.237 e. The summed E-state index contributed by atoms with van der Waals surface area (Å²) < 4.78 is 11.7. The maximum atomic E-state index is 9.07. The zero-order chi connectivity index (χ0) is 14.2. The number of aromatic nitrogens is 1. The number of pyridine rings is 1. The molecule has 4 nitrogen and oxygen atoms in total. The van der Waals surface area contributed by atoms with E-state index in [1.54, 1.807) is 18.3 Å². The normalized spacial score (nSPS) is 15.1. The topological polar surface area (TPSA) is 55.1 Å². The maximum absolute atomic E-state index is 9.07. The van der Waals surface area contributed by atoms with E-state index in [4.69, 9.17) is 14.7 Å². The van der Waals surface area contributed by atoms with E-state index in [1.807, 2.05) is 32.0 Å². The van der Waals surface area contributed by atoms with Crippen molar-refractivity contribution < 1.29 is 9.47 Å². The average Bonchev–Trinajstić information content (AvgIpc) is 2.74. The number of nitrogens with zero attached hydrogens (tertiary/aromatic N) is 2. The first-order valence-electron chi connectivity index (χ1n) is 6.43.